The van der Waals surface area contributed by atoms with Crippen LogP contribution in [-0.4, -0.2) is 59.9 Å². The van der Waals surface area contributed by atoms with E-state index in [4.69, 9.17) is 28.8 Å². The predicted octanol–water partition coefficient (Wildman–Crippen LogP) is 6.80. The second-order valence-electron chi connectivity index (χ2n) is 10.5. The van der Waals surface area contributed by atoms with Crippen LogP contribution in [0.15, 0.2) is 0 Å². The Morgan fingerprint density at radius 3 is 0.400 bits per heavy atom. The van der Waals surface area contributed by atoms with Crippen LogP contribution in [0.2, 0.25) is 91.7 Å². The third kappa shape index (κ3) is 13.6. The van der Waals surface area contributed by atoms with Crippen LogP contribution >= 0.6 is 37.2 Å². The van der Waals surface area contributed by atoms with Crippen molar-refractivity contribution >= 4 is 97.2 Å². The molecule has 182 valence electrons. The molecule has 0 aromatic carbocycles. The van der Waals surface area contributed by atoms with Crippen LogP contribution in [0.5, 0.6) is 0 Å². The molecule has 0 spiro atoms. The molecule has 0 saturated carbocycles. The molecular formula is C14H42I2O7Si7. The summed E-state index contributed by atoms with van der Waals surface area (Å²) in [5.74, 6) is 0. The van der Waals surface area contributed by atoms with Crippen molar-refractivity contribution in [1.82, 2.24) is 0 Å². The largest absolute Gasteiger partial charge is 0.416 e. The predicted molar refractivity (Wildman–Crippen MR) is 158 cm³/mol. The number of hydrogen-bond acceptors (Lipinski definition) is 7. The third-order valence-corrected chi connectivity index (χ3v) is 31.0. The molecule has 0 amide bonds. The topological polar surface area (TPSA) is 64.6 Å². The van der Waals surface area contributed by atoms with Crippen molar-refractivity contribution in [2.24, 2.45) is 0 Å². The molecular weight excluding hydrogens is 731 g/mol. The Bertz CT molecular complexity index is 458. The van der Waals surface area contributed by atoms with Gasteiger partial charge in [0.25, 0.3) is 0 Å². The maximum atomic E-state index is 6.16. The molecule has 0 aromatic heterocycles. The summed E-state index contributed by atoms with van der Waals surface area (Å²) >= 11 is 4.24. The van der Waals surface area contributed by atoms with Gasteiger partial charge in [0.05, 0.1) is 0 Å². The van der Waals surface area contributed by atoms with E-state index >= 15 is 0 Å². The van der Waals surface area contributed by atoms with E-state index in [2.05, 4.69) is 129 Å². The molecule has 0 aromatic rings. The summed E-state index contributed by atoms with van der Waals surface area (Å²) in [6.07, 6.45) is 0. The Morgan fingerprint density at radius 1 is 0.267 bits per heavy atom. The molecule has 2 aliphatic heterocycles. The molecule has 2 heterocycles. The first-order chi connectivity index (χ1) is 12.9. The lowest BCUT2D eigenvalue weighted by molar-refractivity contribution is 0.236. The number of halogens is 2. The van der Waals surface area contributed by atoms with Crippen molar-refractivity contribution in [2.75, 3.05) is 0 Å². The number of rotatable bonds is 0. The Kier molecular flexibility index (Phi) is 12.2. The standard InChI is InChI=1S/C8H24O4Si4.C6H18O3Si3.I2/c1-13(2)9-14(3,4)11-16(7,8)12-15(5,6)10-13;1-10(2)7-11(3,4)9-12(5,6)8-10;1-2/h1-8H3;1-6H3;. The highest BCUT2D eigenvalue weighted by Crippen LogP contribution is 2.31. The minimum absolute atomic E-state index is 1.86. The zero-order valence-electron chi connectivity index (χ0n) is 21.1. The summed E-state index contributed by atoms with van der Waals surface area (Å²) < 4.78 is 42.2. The lowest BCUT2D eigenvalue weighted by Crippen LogP contribution is -2.64. The van der Waals surface area contributed by atoms with Crippen molar-refractivity contribution in [2.45, 2.75) is 91.7 Å². The molecule has 7 nitrogen and oxygen atoms in total. The average molecular weight is 773 g/mol. The Morgan fingerprint density at radius 2 is 0.333 bits per heavy atom. The summed E-state index contributed by atoms with van der Waals surface area (Å²) in [6.45, 7) is 29.2. The van der Waals surface area contributed by atoms with Crippen molar-refractivity contribution < 1.29 is 28.8 Å². The molecule has 0 radical (unpaired) electrons. The average Bonchev–Trinajstić information content (AvgIpc) is 2.27. The first kappa shape index (κ1) is 32.7. The molecule has 2 aliphatic rings. The normalized spacial score (nSPS) is 29.6. The van der Waals surface area contributed by atoms with Gasteiger partial charge in [-0.2, -0.15) is 0 Å². The molecule has 0 aliphatic carbocycles. The van der Waals surface area contributed by atoms with Crippen LogP contribution in [0, 0.1) is 0 Å². The van der Waals surface area contributed by atoms with Crippen LogP contribution in [0.3, 0.4) is 0 Å². The monoisotopic (exact) mass is 772 g/mol. The molecule has 0 bridgehead atoms. The van der Waals surface area contributed by atoms with Gasteiger partial charge in [-0.25, -0.2) is 0 Å². The van der Waals surface area contributed by atoms with Crippen LogP contribution < -0.4 is 0 Å². The molecule has 0 unspecified atom stereocenters. The highest BCUT2D eigenvalue weighted by molar-refractivity contribution is 15.0. The Labute approximate surface area is 215 Å². The van der Waals surface area contributed by atoms with Gasteiger partial charge in [0.1, 0.15) is 0 Å². The molecule has 2 rings (SSSR count). The van der Waals surface area contributed by atoms with Crippen LogP contribution in [0.1, 0.15) is 0 Å². The van der Waals surface area contributed by atoms with Crippen LogP contribution in [0.25, 0.3) is 0 Å². The third-order valence-electron chi connectivity index (χ3n) is 3.44. The van der Waals surface area contributed by atoms with E-state index in [-0.39, 0.29) is 0 Å². The summed E-state index contributed by atoms with van der Waals surface area (Å²) in [5, 5.41) is 0. The summed E-state index contributed by atoms with van der Waals surface area (Å²) in [4.78, 5) is 0. The van der Waals surface area contributed by atoms with E-state index in [0.29, 0.717) is 0 Å². The van der Waals surface area contributed by atoms with Crippen molar-refractivity contribution in [3.63, 3.8) is 0 Å². The lowest BCUT2D eigenvalue weighted by atomic mass is 11.9. The van der Waals surface area contributed by atoms with E-state index in [1.54, 1.807) is 0 Å². The first-order valence-electron chi connectivity index (χ1n) is 10.0. The van der Waals surface area contributed by atoms with Gasteiger partial charge >= 0.3 is 59.9 Å². The Hall–Kier alpha value is 2.70. The van der Waals surface area contributed by atoms with E-state index in [1.807, 2.05) is 0 Å². The van der Waals surface area contributed by atoms with Gasteiger partial charge in [-0.3, -0.25) is 0 Å². The number of hydrogen-bond donors (Lipinski definition) is 0. The van der Waals surface area contributed by atoms with Crippen LogP contribution in [0.4, 0.5) is 0 Å². The second kappa shape index (κ2) is 11.2. The second-order valence-corrected chi connectivity index (χ2v) is 35.8. The van der Waals surface area contributed by atoms with Gasteiger partial charge in [-0.15, -0.1) is 0 Å². The van der Waals surface area contributed by atoms with Crippen molar-refractivity contribution in [3.8, 4) is 0 Å². The highest BCUT2D eigenvalue weighted by atomic mass is 128. The summed E-state index contributed by atoms with van der Waals surface area (Å²) in [5.41, 5.74) is 0. The maximum Gasteiger partial charge on any atom is 0.314 e. The minimum Gasteiger partial charge on any atom is -0.416 e. The van der Waals surface area contributed by atoms with Gasteiger partial charge in [-0.1, -0.05) is 0 Å². The molecule has 16 heteroatoms. The molecule has 0 N–H and O–H groups in total. The molecule has 0 atom stereocenters. The van der Waals surface area contributed by atoms with Gasteiger partial charge in [0.15, 0.2) is 0 Å². The van der Waals surface area contributed by atoms with E-state index in [1.165, 1.54) is 0 Å². The van der Waals surface area contributed by atoms with Gasteiger partial charge < -0.3 is 28.8 Å². The zero-order valence-corrected chi connectivity index (χ0v) is 32.4. The fourth-order valence-corrected chi connectivity index (χ4v) is 41.2. The van der Waals surface area contributed by atoms with Crippen molar-refractivity contribution in [1.29, 1.82) is 0 Å². The van der Waals surface area contributed by atoms with Crippen molar-refractivity contribution in [3.05, 3.63) is 0 Å². The quantitative estimate of drug-likeness (QED) is 0.198. The SMILES string of the molecule is C[Si]1(C)O[Si](C)(C)O[Si](C)(C)O1.C[Si]1(C)O[Si](C)(C)O[Si](C)(C)O[Si](C)(C)O1.II. The minimum atomic E-state index is -2.11. The first-order valence-corrected chi connectivity index (χ1v) is 36.0. The molecule has 30 heavy (non-hydrogen) atoms. The van der Waals surface area contributed by atoms with Gasteiger partial charge in [0, 0.05) is 37.2 Å². The fraction of sp³-hybridized carbons (Fsp3) is 1.00. The van der Waals surface area contributed by atoms with E-state index in [0.717, 1.165) is 0 Å². The molecule has 2 saturated heterocycles. The van der Waals surface area contributed by atoms with Gasteiger partial charge in [-0.05, 0) is 91.7 Å². The van der Waals surface area contributed by atoms with E-state index in [9.17, 15) is 0 Å². The summed E-state index contributed by atoms with van der Waals surface area (Å²) in [6, 6.07) is 0. The smallest absolute Gasteiger partial charge is 0.314 e. The lowest BCUT2D eigenvalue weighted by Gasteiger charge is -2.46. The Balaban J connectivity index is 0.000000535. The fourth-order valence-electron chi connectivity index (χ4n) is 4.29. The maximum absolute atomic E-state index is 6.16. The van der Waals surface area contributed by atoms with Crippen LogP contribution in [-0.2, 0) is 28.8 Å². The van der Waals surface area contributed by atoms with E-state index < -0.39 is 59.9 Å². The zero-order chi connectivity index (χ0) is 24.4. The van der Waals surface area contributed by atoms with Gasteiger partial charge in [0.2, 0.25) is 0 Å². The highest BCUT2D eigenvalue weighted by Gasteiger charge is 2.51. The molecule has 2 fully saturated rings. The summed E-state index contributed by atoms with van der Waals surface area (Å²) in [7, 11) is -14.0.